The van der Waals surface area contributed by atoms with Crippen LogP contribution in [0.2, 0.25) is 5.02 Å². The predicted molar refractivity (Wildman–Crippen MR) is 78.5 cm³/mol. The molecule has 1 aromatic heterocycles. The number of benzene rings is 1. The van der Waals surface area contributed by atoms with Crippen LogP contribution in [0.1, 0.15) is 21.8 Å². The molecule has 0 unspecified atom stereocenters. The third-order valence-corrected chi connectivity index (χ3v) is 4.31. The highest BCUT2D eigenvalue weighted by molar-refractivity contribution is 7.90. The van der Waals surface area contributed by atoms with Crippen molar-refractivity contribution in [1.82, 2.24) is 5.16 Å². The smallest absolute Gasteiger partial charge is 0.261 e. The Morgan fingerprint density at radius 2 is 2.00 bits per heavy atom. The first-order valence-corrected chi connectivity index (χ1v) is 8.21. The van der Waals surface area contributed by atoms with E-state index >= 15 is 0 Å². The number of hydrogen-bond donors (Lipinski definition) is 1. The summed E-state index contributed by atoms with van der Waals surface area (Å²) < 4.78 is 28.0. The summed E-state index contributed by atoms with van der Waals surface area (Å²) in [5, 5.41) is 6.50. The number of carbonyl (C=O) groups excluding carboxylic acids is 1. The topological polar surface area (TPSA) is 89.3 Å². The summed E-state index contributed by atoms with van der Waals surface area (Å²) >= 11 is 5.98. The fourth-order valence-corrected chi connectivity index (χ4v) is 2.63. The van der Waals surface area contributed by atoms with Crippen molar-refractivity contribution in [2.75, 3.05) is 11.6 Å². The number of halogens is 1. The molecule has 0 saturated heterocycles. The van der Waals surface area contributed by atoms with Crippen LogP contribution in [0.4, 0.5) is 5.69 Å². The molecule has 2 rings (SSSR count). The molecule has 0 atom stereocenters. The van der Waals surface area contributed by atoms with Crippen molar-refractivity contribution in [2.45, 2.75) is 18.7 Å². The molecule has 0 spiro atoms. The van der Waals surface area contributed by atoms with Gasteiger partial charge in [0.25, 0.3) is 5.91 Å². The minimum atomic E-state index is -3.39. The Bertz CT molecular complexity index is 792. The van der Waals surface area contributed by atoms with Gasteiger partial charge in [0.15, 0.2) is 9.84 Å². The summed E-state index contributed by atoms with van der Waals surface area (Å²) in [5.41, 5.74) is 0.959. The van der Waals surface area contributed by atoms with Crippen LogP contribution in [-0.2, 0) is 9.84 Å². The van der Waals surface area contributed by atoms with Gasteiger partial charge in [0, 0.05) is 6.26 Å². The highest BCUT2D eigenvalue weighted by Crippen LogP contribution is 2.26. The van der Waals surface area contributed by atoms with Crippen molar-refractivity contribution < 1.29 is 17.7 Å². The highest BCUT2D eigenvalue weighted by Gasteiger charge is 2.19. The summed E-state index contributed by atoms with van der Waals surface area (Å²) in [6.07, 6.45) is 1.08. The molecule has 112 valence electrons. The maximum Gasteiger partial charge on any atom is 0.261 e. The van der Waals surface area contributed by atoms with Gasteiger partial charge >= 0.3 is 0 Å². The lowest BCUT2D eigenvalue weighted by atomic mass is 10.2. The Morgan fingerprint density at radius 3 is 2.52 bits per heavy atom. The van der Waals surface area contributed by atoms with Gasteiger partial charge in [0.1, 0.15) is 11.3 Å². The Labute approximate surface area is 127 Å². The Kier molecular flexibility index (Phi) is 4.06. The summed E-state index contributed by atoms with van der Waals surface area (Å²) in [6, 6.07) is 4.11. The molecule has 2 aromatic rings. The molecule has 1 heterocycles. The van der Waals surface area contributed by atoms with Crippen LogP contribution in [0.5, 0.6) is 0 Å². The normalized spacial score (nSPS) is 11.4. The number of nitrogens with one attached hydrogen (secondary N) is 1. The van der Waals surface area contributed by atoms with E-state index < -0.39 is 15.7 Å². The fourth-order valence-electron chi connectivity index (χ4n) is 1.82. The van der Waals surface area contributed by atoms with E-state index in [0.29, 0.717) is 17.0 Å². The molecular weight excluding hydrogens is 316 g/mol. The van der Waals surface area contributed by atoms with Crippen LogP contribution in [0.15, 0.2) is 27.6 Å². The van der Waals surface area contributed by atoms with Gasteiger partial charge in [-0.2, -0.15) is 0 Å². The lowest BCUT2D eigenvalue weighted by Crippen LogP contribution is -2.14. The summed E-state index contributed by atoms with van der Waals surface area (Å²) in [6.45, 7) is 3.25. The second kappa shape index (κ2) is 5.50. The average Bonchev–Trinajstić information content (AvgIpc) is 2.70. The van der Waals surface area contributed by atoms with E-state index in [2.05, 4.69) is 10.5 Å². The van der Waals surface area contributed by atoms with Crippen molar-refractivity contribution in [1.29, 1.82) is 0 Å². The monoisotopic (exact) mass is 328 g/mol. The lowest BCUT2D eigenvalue weighted by Gasteiger charge is -2.08. The standard InChI is InChI=1S/C13H13ClN2O4S/c1-7-12(8(2)20-16-7)13(17)15-11-6-9(21(3,18)19)4-5-10(11)14/h4-6H,1-3H3,(H,15,17). The van der Waals surface area contributed by atoms with Gasteiger partial charge in [-0.05, 0) is 32.0 Å². The number of hydrogen-bond acceptors (Lipinski definition) is 5. The van der Waals surface area contributed by atoms with Crippen molar-refractivity contribution in [3.63, 3.8) is 0 Å². The largest absolute Gasteiger partial charge is 0.361 e. The van der Waals surface area contributed by atoms with Gasteiger partial charge in [-0.1, -0.05) is 16.8 Å². The fraction of sp³-hybridized carbons (Fsp3) is 0.231. The zero-order valence-corrected chi connectivity index (χ0v) is 13.2. The summed E-state index contributed by atoms with van der Waals surface area (Å²) in [4.78, 5) is 12.3. The molecule has 6 nitrogen and oxygen atoms in total. The maximum atomic E-state index is 12.2. The Morgan fingerprint density at radius 1 is 1.33 bits per heavy atom. The first-order chi connectivity index (χ1) is 9.70. The van der Waals surface area contributed by atoms with Crippen LogP contribution in [0.3, 0.4) is 0 Å². The minimum Gasteiger partial charge on any atom is -0.361 e. The third kappa shape index (κ3) is 3.25. The number of aromatic nitrogens is 1. The molecular formula is C13H13ClN2O4S. The van der Waals surface area contributed by atoms with E-state index in [9.17, 15) is 13.2 Å². The van der Waals surface area contributed by atoms with Gasteiger partial charge in [0.05, 0.1) is 21.3 Å². The van der Waals surface area contributed by atoms with Gasteiger partial charge < -0.3 is 9.84 Å². The van der Waals surface area contributed by atoms with Gasteiger partial charge in [-0.25, -0.2) is 8.42 Å². The molecule has 0 bridgehead atoms. The first-order valence-electron chi connectivity index (χ1n) is 5.94. The molecule has 1 amide bonds. The van der Waals surface area contributed by atoms with E-state index in [4.69, 9.17) is 16.1 Å². The van der Waals surface area contributed by atoms with Gasteiger partial charge in [-0.15, -0.1) is 0 Å². The highest BCUT2D eigenvalue weighted by atomic mass is 35.5. The van der Waals surface area contributed by atoms with Crippen molar-refractivity contribution in [3.05, 3.63) is 40.2 Å². The van der Waals surface area contributed by atoms with E-state index in [1.54, 1.807) is 13.8 Å². The molecule has 0 saturated carbocycles. The number of rotatable bonds is 3. The molecule has 0 aliphatic carbocycles. The first kappa shape index (κ1) is 15.5. The second-order valence-electron chi connectivity index (χ2n) is 4.57. The Balaban J connectivity index is 2.38. The number of aryl methyl sites for hydroxylation is 2. The molecule has 0 radical (unpaired) electrons. The van der Waals surface area contributed by atoms with Gasteiger partial charge in [-0.3, -0.25) is 4.79 Å². The minimum absolute atomic E-state index is 0.0703. The average molecular weight is 329 g/mol. The Hall–Kier alpha value is -1.86. The molecule has 8 heteroatoms. The molecule has 0 fully saturated rings. The number of sulfone groups is 1. The predicted octanol–water partition coefficient (Wildman–Crippen LogP) is 2.60. The number of carbonyl (C=O) groups is 1. The number of amides is 1. The molecule has 0 aliphatic heterocycles. The molecule has 0 aliphatic rings. The van der Waals surface area contributed by atoms with Crippen molar-refractivity contribution in [3.8, 4) is 0 Å². The zero-order valence-electron chi connectivity index (χ0n) is 11.6. The quantitative estimate of drug-likeness (QED) is 0.935. The lowest BCUT2D eigenvalue weighted by molar-refractivity contribution is 0.102. The number of anilines is 1. The SMILES string of the molecule is Cc1noc(C)c1C(=O)Nc1cc(S(C)(=O)=O)ccc1Cl. The van der Waals surface area contributed by atoms with Crippen molar-refractivity contribution >= 4 is 33.0 Å². The van der Waals surface area contributed by atoms with Crippen molar-refractivity contribution in [2.24, 2.45) is 0 Å². The maximum absolute atomic E-state index is 12.2. The van der Waals surface area contributed by atoms with E-state index in [0.717, 1.165) is 6.26 Å². The summed E-state index contributed by atoms with van der Waals surface area (Å²) in [5.74, 6) is -0.0841. The van der Waals surface area contributed by atoms with Crippen LogP contribution in [0, 0.1) is 13.8 Å². The van der Waals surface area contributed by atoms with Crippen LogP contribution >= 0.6 is 11.6 Å². The van der Waals surface area contributed by atoms with Crippen LogP contribution < -0.4 is 5.32 Å². The van der Waals surface area contributed by atoms with Crippen LogP contribution in [0.25, 0.3) is 0 Å². The van der Waals surface area contributed by atoms with Gasteiger partial charge in [0.2, 0.25) is 0 Å². The summed E-state index contributed by atoms with van der Waals surface area (Å²) in [7, 11) is -3.39. The molecule has 1 aromatic carbocycles. The van der Waals surface area contributed by atoms with E-state index in [1.165, 1.54) is 18.2 Å². The third-order valence-electron chi connectivity index (χ3n) is 2.87. The molecule has 21 heavy (non-hydrogen) atoms. The second-order valence-corrected chi connectivity index (χ2v) is 6.99. The van der Waals surface area contributed by atoms with Crippen LogP contribution in [-0.4, -0.2) is 25.7 Å². The zero-order chi connectivity index (χ0) is 15.8. The molecule has 1 N–H and O–H groups in total. The van der Waals surface area contributed by atoms with E-state index in [-0.39, 0.29) is 15.6 Å². The van der Waals surface area contributed by atoms with E-state index in [1.807, 2.05) is 0 Å². The number of nitrogens with zero attached hydrogens (tertiary/aromatic N) is 1.